The van der Waals surface area contributed by atoms with Gasteiger partial charge in [0.15, 0.2) is 0 Å². The molecule has 0 aliphatic carbocycles. The van der Waals surface area contributed by atoms with E-state index in [2.05, 4.69) is 5.32 Å². The summed E-state index contributed by atoms with van der Waals surface area (Å²) in [7, 11) is 1.54. The van der Waals surface area contributed by atoms with Crippen LogP contribution in [0.1, 0.15) is 31.0 Å². The van der Waals surface area contributed by atoms with E-state index in [0.29, 0.717) is 11.3 Å². The fourth-order valence-electron chi connectivity index (χ4n) is 2.82. The Balaban J connectivity index is 2.18. The van der Waals surface area contributed by atoms with Gasteiger partial charge in [-0.15, -0.1) is 0 Å². The molecule has 0 aliphatic heterocycles. The molecule has 6 nitrogen and oxygen atoms in total. The van der Waals surface area contributed by atoms with Crippen LogP contribution in [0.3, 0.4) is 0 Å². The molecule has 1 atom stereocenters. The highest BCUT2D eigenvalue weighted by Gasteiger charge is 2.32. The molecule has 1 unspecified atom stereocenters. The third-order valence-corrected chi connectivity index (χ3v) is 4.17. The minimum atomic E-state index is -0.998. The monoisotopic (exact) mass is 369 g/mol. The Morgan fingerprint density at radius 1 is 0.926 bits per heavy atom. The number of Topliss-reactive ketones (excluding diaryl/α,β-unsaturated/α-hetero) is 2. The smallest absolute Gasteiger partial charge is 0.407 e. The SMILES string of the molecule is COc1ccc(C(NC(=O)OCc2ccccc2)C(C(C)=O)C(C)=O)cc1. The van der Waals surface area contributed by atoms with Gasteiger partial charge in [-0.1, -0.05) is 42.5 Å². The number of benzene rings is 2. The first kappa shape index (κ1) is 20.2. The topological polar surface area (TPSA) is 81.7 Å². The highest BCUT2D eigenvalue weighted by molar-refractivity contribution is 6.01. The maximum atomic E-state index is 12.3. The first-order valence-electron chi connectivity index (χ1n) is 8.54. The Morgan fingerprint density at radius 3 is 2.04 bits per heavy atom. The number of carbonyl (C=O) groups is 3. The van der Waals surface area contributed by atoms with Crippen molar-refractivity contribution < 1.29 is 23.9 Å². The molecule has 6 heteroatoms. The van der Waals surface area contributed by atoms with Gasteiger partial charge in [0.25, 0.3) is 0 Å². The maximum Gasteiger partial charge on any atom is 0.407 e. The summed E-state index contributed by atoms with van der Waals surface area (Å²) >= 11 is 0. The van der Waals surface area contributed by atoms with Crippen LogP contribution >= 0.6 is 0 Å². The van der Waals surface area contributed by atoms with Crippen LogP contribution < -0.4 is 10.1 Å². The predicted molar refractivity (Wildman–Crippen MR) is 100 cm³/mol. The summed E-state index contributed by atoms with van der Waals surface area (Å²) < 4.78 is 10.4. The third kappa shape index (κ3) is 5.67. The van der Waals surface area contributed by atoms with Gasteiger partial charge in [-0.25, -0.2) is 4.79 Å². The molecule has 1 N–H and O–H groups in total. The zero-order chi connectivity index (χ0) is 19.8. The van der Waals surface area contributed by atoms with E-state index in [-0.39, 0.29) is 18.2 Å². The van der Waals surface area contributed by atoms with Crippen LogP contribution in [0, 0.1) is 5.92 Å². The zero-order valence-corrected chi connectivity index (χ0v) is 15.6. The van der Waals surface area contributed by atoms with Crippen molar-refractivity contribution in [2.45, 2.75) is 26.5 Å². The van der Waals surface area contributed by atoms with Crippen molar-refractivity contribution in [3.63, 3.8) is 0 Å². The van der Waals surface area contributed by atoms with Gasteiger partial charge in [0.1, 0.15) is 29.8 Å². The summed E-state index contributed by atoms with van der Waals surface area (Å²) in [6.45, 7) is 2.76. The summed E-state index contributed by atoms with van der Waals surface area (Å²) in [4.78, 5) is 36.4. The van der Waals surface area contributed by atoms with E-state index in [1.807, 2.05) is 30.3 Å². The molecular formula is C21H23NO5. The Bertz CT molecular complexity index is 772. The molecule has 1 amide bonds. The molecule has 0 heterocycles. The Labute approximate surface area is 158 Å². The third-order valence-electron chi connectivity index (χ3n) is 4.17. The second-order valence-electron chi connectivity index (χ2n) is 6.16. The van der Waals surface area contributed by atoms with Crippen LogP contribution in [0.25, 0.3) is 0 Å². The second-order valence-corrected chi connectivity index (χ2v) is 6.16. The number of amides is 1. The molecule has 0 bridgehead atoms. The van der Waals surface area contributed by atoms with Crippen molar-refractivity contribution in [3.05, 3.63) is 65.7 Å². The second kappa shape index (κ2) is 9.52. The fourth-order valence-corrected chi connectivity index (χ4v) is 2.82. The maximum absolute atomic E-state index is 12.3. The molecule has 2 aromatic carbocycles. The van der Waals surface area contributed by atoms with Crippen molar-refractivity contribution >= 4 is 17.7 Å². The van der Waals surface area contributed by atoms with Crippen molar-refractivity contribution in [3.8, 4) is 5.75 Å². The van der Waals surface area contributed by atoms with Crippen LogP contribution in [0.5, 0.6) is 5.75 Å². The molecule has 2 aromatic rings. The highest BCUT2D eigenvalue weighted by atomic mass is 16.5. The van der Waals surface area contributed by atoms with Crippen LogP contribution in [-0.2, 0) is 20.9 Å². The van der Waals surface area contributed by atoms with E-state index < -0.39 is 18.1 Å². The molecule has 27 heavy (non-hydrogen) atoms. The number of carbonyl (C=O) groups excluding carboxylic acids is 3. The van der Waals surface area contributed by atoms with Crippen LogP contribution in [-0.4, -0.2) is 24.8 Å². The van der Waals surface area contributed by atoms with Gasteiger partial charge in [0.05, 0.1) is 13.2 Å². The van der Waals surface area contributed by atoms with Gasteiger partial charge in [-0.2, -0.15) is 0 Å². The minimum absolute atomic E-state index is 0.0901. The lowest BCUT2D eigenvalue weighted by atomic mass is 9.87. The van der Waals surface area contributed by atoms with Crippen molar-refractivity contribution in [2.75, 3.05) is 7.11 Å². The normalized spacial score (nSPS) is 11.6. The number of alkyl carbamates (subject to hydrolysis) is 1. The summed E-state index contributed by atoms with van der Waals surface area (Å²) in [6.07, 6.45) is -0.702. The molecule has 0 spiro atoms. The highest BCUT2D eigenvalue weighted by Crippen LogP contribution is 2.26. The summed E-state index contributed by atoms with van der Waals surface area (Å²) in [5.41, 5.74) is 1.45. The van der Waals surface area contributed by atoms with E-state index in [0.717, 1.165) is 5.56 Å². The molecule has 0 radical (unpaired) electrons. The molecule has 0 fully saturated rings. The Kier molecular flexibility index (Phi) is 7.11. The average molecular weight is 369 g/mol. The standard InChI is InChI=1S/C21H23NO5/c1-14(23)19(15(2)24)20(17-9-11-18(26-3)12-10-17)22-21(25)27-13-16-7-5-4-6-8-16/h4-12,19-20H,13H2,1-3H3,(H,22,25). The van der Waals surface area contributed by atoms with Crippen molar-refractivity contribution in [2.24, 2.45) is 5.92 Å². The van der Waals surface area contributed by atoms with Crippen LogP contribution in [0.4, 0.5) is 4.79 Å². The van der Waals surface area contributed by atoms with E-state index in [1.54, 1.807) is 31.4 Å². The molecule has 0 saturated carbocycles. The molecule has 0 aromatic heterocycles. The minimum Gasteiger partial charge on any atom is -0.497 e. The molecular weight excluding hydrogens is 346 g/mol. The quantitative estimate of drug-likeness (QED) is 0.721. The van der Waals surface area contributed by atoms with Gasteiger partial charge in [0.2, 0.25) is 0 Å². The first-order chi connectivity index (χ1) is 12.9. The molecule has 0 saturated heterocycles. The van der Waals surface area contributed by atoms with Crippen molar-refractivity contribution in [1.82, 2.24) is 5.32 Å². The van der Waals surface area contributed by atoms with E-state index in [4.69, 9.17) is 9.47 Å². The molecule has 0 aliphatic rings. The fraction of sp³-hybridized carbons (Fsp3) is 0.286. The van der Waals surface area contributed by atoms with E-state index in [1.165, 1.54) is 13.8 Å². The number of hydrogen-bond donors (Lipinski definition) is 1. The first-order valence-corrected chi connectivity index (χ1v) is 8.54. The van der Waals surface area contributed by atoms with E-state index >= 15 is 0 Å². The Hall–Kier alpha value is -3.15. The van der Waals surface area contributed by atoms with Gasteiger partial charge in [0, 0.05) is 0 Å². The van der Waals surface area contributed by atoms with Gasteiger partial charge < -0.3 is 14.8 Å². The summed E-state index contributed by atoms with van der Waals surface area (Å²) in [5.74, 6) is -1.02. The van der Waals surface area contributed by atoms with Crippen LogP contribution in [0.2, 0.25) is 0 Å². The van der Waals surface area contributed by atoms with Gasteiger partial charge in [-0.05, 0) is 37.1 Å². The zero-order valence-electron chi connectivity index (χ0n) is 15.6. The summed E-state index contributed by atoms with van der Waals surface area (Å²) in [6, 6.07) is 15.2. The lowest BCUT2D eigenvalue weighted by Gasteiger charge is -2.25. The van der Waals surface area contributed by atoms with Crippen LogP contribution in [0.15, 0.2) is 54.6 Å². The van der Waals surface area contributed by atoms with E-state index in [9.17, 15) is 14.4 Å². The van der Waals surface area contributed by atoms with Gasteiger partial charge >= 0.3 is 6.09 Å². The lowest BCUT2D eigenvalue weighted by molar-refractivity contribution is -0.131. The molecule has 142 valence electrons. The Morgan fingerprint density at radius 2 is 1.52 bits per heavy atom. The predicted octanol–water partition coefficient (Wildman–Crippen LogP) is 3.46. The van der Waals surface area contributed by atoms with Crippen molar-refractivity contribution in [1.29, 1.82) is 0 Å². The average Bonchev–Trinajstić information content (AvgIpc) is 2.66. The number of hydrogen-bond acceptors (Lipinski definition) is 5. The summed E-state index contributed by atoms with van der Waals surface area (Å²) in [5, 5.41) is 2.66. The number of nitrogens with one attached hydrogen (secondary N) is 1. The largest absolute Gasteiger partial charge is 0.497 e. The van der Waals surface area contributed by atoms with Gasteiger partial charge in [-0.3, -0.25) is 9.59 Å². The number of ether oxygens (including phenoxy) is 2. The number of ketones is 2. The number of methoxy groups -OCH3 is 1. The number of rotatable bonds is 8. The lowest BCUT2D eigenvalue weighted by Crippen LogP contribution is -2.39. The molecule has 2 rings (SSSR count).